The van der Waals surface area contributed by atoms with Crippen LogP contribution < -0.4 is 5.32 Å². The lowest BCUT2D eigenvalue weighted by Gasteiger charge is -2.07. The summed E-state index contributed by atoms with van der Waals surface area (Å²) in [7, 11) is -4.34. The van der Waals surface area contributed by atoms with E-state index in [0.717, 1.165) is 17.0 Å². The Bertz CT molecular complexity index is 484. The minimum absolute atomic E-state index is 0.160. The number of thioether (sulfide) groups is 1. The summed E-state index contributed by atoms with van der Waals surface area (Å²) in [5, 5.41) is 3.50. The van der Waals surface area contributed by atoms with Crippen molar-refractivity contribution in [3.8, 4) is 0 Å². The third kappa shape index (κ3) is 2.11. The molecule has 6 heteroatoms. The second-order valence-electron chi connectivity index (χ2n) is 3.27. The highest BCUT2D eigenvalue weighted by Crippen LogP contribution is 2.40. The van der Waals surface area contributed by atoms with Gasteiger partial charge in [-0.25, -0.2) is 8.42 Å². The van der Waals surface area contributed by atoms with Gasteiger partial charge >= 0.3 is 0 Å². The van der Waals surface area contributed by atoms with Crippen LogP contribution >= 0.6 is 11.8 Å². The van der Waals surface area contributed by atoms with Crippen molar-refractivity contribution in [3.63, 3.8) is 0 Å². The van der Waals surface area contributed by atoms with E-state index < -0.39 is 10.1 Å². The highest BCUT2D eigenvalue weighted by Gasteiger charge is 2.20. The molecule has 1 N–H and O–H groups in total. The molecule has 1 unspecified atom stereocenters. The summed E-state index contributed by atoms with van der Waals surface area (Å²) in [6.45, 7) is 2.04. The second-order valence-corrected chi connectivity index (χ2v) is 5.90. The third-order valence-electron chi connectivity index (χ3n) is 2.20. The van der Waals surface area contributed by atoms with Gasteiger partial charge in [0.05, 0.1) is 10.3 Å². The quantitative estimate of drug-likeness (QED) is 0.804. The van der Waals surface area contributed by atoms with E-state index in [-0.39, 0.29) is 10.3 Å². The summed E-state index contributed by atoms with van der Waals surface area (Å²) in [6.07, 6.45) is 0.943. The van der Waals surface area contributed by atoms with Crippen molar-refractivity contribution in [3.05, 3.63) is 18.2 Å². The molecule has 0 saturated carbocycles. The molecule has 1 atom stereocenters. The van der Waals surface area contributed by atoms with Crippen LogP contribution in [0.25, 0.3) is 0 Å². The molecule has 0 amide bonds. The molecule has 0 saturated heterocycles. The highest BCUT2D eigenvalue weighted by atomic mass is 32.2. The van der Waals surface area contributed by atoms with E-state index in [0.29, 0.717) is 0 Å². The molecule has 0 bridgehead atoms. The van der Waals surface area contributed by atoms with Crippen LogP contribution in [0.3, 0.4) is 0 Å². The Morgan fingerprint density at radius 1 is 1.53 bits per heavy atom. The summed E-state index contributed by atoms with van der Waals surface area (Å²) in [4.78, 5) is 0.672. The maximum atomic E-state index is 10.8. The lowest BCUT2D eigenvalue weighted by atomic mass is 10.3. The Morgan fingerprint density at radius 2 is 2.27 bits per heavy atom. The Balaban J connectivity index is 2.39. The first-order chi connectivity index (χ1) is 7.00. The maximum Gasteiger partial charge on any atom is 0.124 e. The molecule has 4 nitrogen and oxygen atoms in total. The first-order valence-corrected chi connectivity index (χ1v) is 6.82. The van der Waals surface area contributed by atoms with Gasteiger partial charge in [-0.15, -0.1) is 0 Å². The smallest absolute Gasteiger partial charge is 0.124 e. The molecule has 0 aromatic heterocycles. The second kappa shape index (κ2) is 3.70. The van der Waals surface area contributed by atoms with Crippen molar-refractivity contribution in [2.24, 2.45) is 0 Å². The molecule has 0 radical (unpaired) electrons. The van der Waals surface area contributed by atoms with Crippen molar-refractivity contribution in [2.75, 3.05) is 5.32 Å². The van der Waals surface area contributed by atoms with E-state index in [9.17, 15) is 13.0 Å². The molecule has 0 spiro atoms. The van der Waals surface area contributed by atoms with Crippen LogP contribution in [0.4, 0.5) is 5.69 Å². The zero-order valence-electron chi connectivity index (χ0n) is 8.06. The fraction of sp³-hybridized carbons (Fsp3) is 0.333. The van der Waals surface area contributed by atoms with E-state index in [1.807, 2.05) is 6.92 Å². The van der Waals surface area contributed by atoms with E-state index >= 15 is 0 Å². The van der Waals surface area contributed by atoms with Crippen molar-refractivity contribution in [1.82, 2.24) is 0 Å². The monoisotopic (exact) mass is 244 g/mol. The Kier molecular flexibility index (Phi) is 2.66. The number of fused-ring (bicyclic) bond motifs is 1. The van der Waals surface area contributed by atoms with Crippen LogP contribution in [0, 0.1) is 0 Å². The third-order valence-corrected chi connectivity index (χ3v) is 4.36. The van der Waals surface area contributed by atoms with Crippen LogP contribution in [0.5, 0.6) is 0 Å². The lowest BCUT2D eigenvalue weighted by Crippen LogP contribution is -2.07. The molecule has 15 heavy (non-hydrogen) atoms. The van der Waals surface area contributed by atoms with E-state index in [1.54, 1.807) is 17.8 Å². The van der Waals surface area contributed by atoms with Crippen molar-refractivity contribution < 1.29 is 13.0 Å². The fourth-order valence-corrected chi connectivity index (χ4v) is 3.10. The number of benzene rings is 1. The standard InChI is InChI=1S/C9H11NO3S2/c1-2-9-10-7-4-3-6(15(11,12)13)5-8(7)14-9/h3-5,9-10H,2H2,1H3,(H,11,12,13)/p-1. The molecule has 1 heterocycles. The van der Waals surface area contributed by atoms with Crippen LogP contribution in [0.2, 0.25) is 0 Å². The molecule has 1 aromatic carbocycles. The van der Waals surface area contributed by atoms with Gasteiger partial charge in [-0.3, -0.25) is 0 Å². The minimum Gasteiger partial charge on any atom is -0.744 e. The van der Waals surface area contributed by atoms with Crippen LogP contribution in [-0.4, -0.2) is 18.3 Å². The average molecular weight is 244 g/mol. The number of rotatable bonds is 2. The summed E-state index contributed by atoms with van der Waals surface area (Å²) in [6, 6.07) is 4.42. The number of nitrogens with one attached hydrogen (secondary N) is 1. The zero-order valence-corrected chi connectivity index (χ0v) is 9.69. The molecule has 1 aromatic rings. The van der Waals surface area contributed by atoms with Crippen molar-refractivity contribution in [1.29, 1.82) is 0 Å². The Labute approximate surface area is 92.8 Å². The van der Waals surface area contributed by atoms with Gasteiger partial charge in [-0.1, -0.05) is 18.7 Å². The summed E-state index contributed by atoms with van der Waals surface area (Å²) in [5.41, 5.74) is 0.902. The SMILES string of the molecule is CCC1Nc2ccc(S(=O)(=O)[O-])cc2S1. The Hall–Kier alpha value is -0.720. The molecule has 0 fully saturated rings. The van der Waals surface area contributed by atoms with Gasteiger partial charge in [-0.2, -0.15) is 0 Å². The molecule has 2 rings (SSSR count). The van der Waals surface area contributed by atoms with Crippen molar-refractivity contribution >= 4 is 27.6 Å². The number of hydrogen-bond acceptors (Lipinski definition) is 5. The van der Waals surface area contributed by atoms with Gasteiger partial charge in [0.2, 0.25) is 0 Å². The molecule has 0 aliphatic carbocycles. The molecular weight excluding hydrogens is 234 g/mol. The maximum absolute atomic E-state index is 10.8. The molecule has 82 valence electrons. The first kappa shape index (κ1) is 10.8. The first-order valence-electron chi connectivity index (χ1n) is 4.54. The normalized spacial score (nSPS) is 19.7. The van der Waals surface area contributed by atoms with Crippen molar-refractivity contribution in [2.45, 2.75) is 28.5 Å². The van der Waals surface area contributed by atoms with Crippen LogP contribution in [0.15, 0.2) is 28.0 Å². The molecule has 1 aliphatic heterocycles. The Morgan fingerprint density at radius 3 is 2.87 bits per heavy atom. The molecular formula is C9H10NO3S2-. The summed E-state index contributed by atoms with van der Waals surface area (Å²) < 4.78 is 32.4. The van der Waals surface area contributed by atoms with Gasteiger partial charge in [0, 0.05) is 10.6 Å². The van der Waals surface area contributed by atoms with Gasteiger partial charge in [-0.05, 0) is 24.6 Å². The van der Waals surface area contributed by atoms with E-state index in [4.69, 9.17) is 0 Å². The summed E-state index contributed by atoms with van der Waals surface area (Å²) >= 11 is 1.55. The predicted molar refractivity (Wildman–Crippen MR) is 58.0 cm³/mol. The average Bonchev–Trinajstić information content (AvgIpc) is 2.57. The number of hydrogen-bond donors (Lipinski definition) is 1. The lowest BCUT2D eigenvalue weighted by molar-refractivity contribution is 0.463. The van der Waals surface area contributed by atoms with Crippen LogP contribution in [0.1, 0.15) is 13.3 Å². The summed E-state index contributed by atoms with van der Waals surface area (Å²) in [5.74, 6) is 0. The fourth-order valence-electron chi connectivity index (χ4n) is 1.42. The van der Waals surface area contributed by atoms with E-state index in [2.05, 4.69) is 5.32 Å². The predicted octanol–water partition coefficient (Wildman–Crippen LogP) is 1.84. The topological polar surface area (TPSA) is 69.2 Å². The van der Waals surface area contributed by atoms with E-state index in [1.165, 1.54) is 12.1 Å². The molecule has 1 aliphatic rings. The highest BCUT2D eigenvalue weighted by molar-refractivity contribution is 8.00. The zero-order chi connectivity index (χ0) is 11.1. The van der Waals surface area contributed by atoms with Gasteiger partial charge in [0.15, 0.2) is 0 Å². The van der Waals surface area contributed by atoms with Crippen LogP contribution in [-0.2, 0) is 10.1 Å². The van der Waals surface area contributed by atoms with Gasteiger partial charge in [0.1, 0.15) is 10.1 Å². The largest absolute Gasteiger partial charge is 0.744 e. The van der Waals surface area contributed by atoms with Gasteiger partial charge < -0.3 is 9.87 Å². The minimum atomic E-state index is -4.34. The van der Waals surface area contributed by atoms with Gasteiger partial charge in [0.25, 0.3) is 0 Å². The number of anilines is 1.